The van der Waals surface area contributed by atoms with Crippen LogP contribution in [-0.2, 0) is 10.9 Å². The van der Waals surface area contributed by atoms with Crippen molar-refractivity contribution in [2.24, 2.45) is 5.92 Å². The van der Waals surface area contributed by atoms with Gasteiger partial charge in [-0.1, -0.05) is 6.92 Å². The molecule has 4 heterocycles. The number of alkyl halides is 3. The normalized spacial score (nSPS) is 25.2. The van der Waals surface area contributed by atoms with E-state index in [4.69, 9.17) is 4.74 Å². The summed E-state index contributed by atoms with van der Waals surface area (Å²) in [6, 6.07) is 4.31. The molecule has 2 amide bonds. The topological polar surface area (TPSA) is 84.7 Å². The van der Waals surface area contributed by atoms with Gasteiger partial charge in [-0.3, -0.25) is 5.32 Å². The van der Waals surface area contributed by atoms with Gasteiger partial charge in [0.1, 0.15) is 5.82 Å². The predicted molar refractivity (Wildman–Crippen MR) is 118 cm³/mol. The highest BCUT2D eigenvalue weighted by Gasteiger charge is 2.61. The first-order valence-corrected chi connectivity index (χ1v) is 11.1. The molecule has 1 saturated heterocycles. The van der Waals surface area contributed by atoms with Crippen molar-refractivity contribution in [3.63, 3.8) is 0 Å². The van der Waals surface area contributed by atoms with E-state index in [1.807, 2.05) is 6.92 Å². The Morgan fingerprint density at radius 1 is 1.29 bits per heavy atom. The number of carbonyl (C=O) groups excluding carboxylic acids is 1. The summed E-state index contributed by atoms with van der Waals surface area (Å²) in [5, 5.41) is 6.90. The number of nitrogens with zero attached hydrogens (tertiary/aromatic N) is 5. The monoisotopic (exact) mass is 474 g/mol. The summed E-state index contributed by atoms with van der Waals surface area (Å²) in [5.41, 5.74) is -1.02. The second kappa shape index (κ2) is 7.93. The van der Waals surface area contributed by atoms with Gasteiger partial charge < -0.3 is 9.64 Å². The number of methoxy groups -OCH3 is 1. The minimum absolute atomic E-state index is 0.00226. The molecule has 11 heteroatoms. The fraction of sp³-hybridized carbons (Fsp3) is 0.478. The number of piperidine rings is 1. The van der Waals surface area contributed by atoms with Crippen LogP contribution in [-0.4, -0.2) is 55.3 Å². The SMILES string of the molecule is COC(C)C12CC(C[C@@H](C)C1)N2C(=O)Nc1cc(-c2ncc3cccn3n2)c(C(F)(F)F)cn1. The number of fused-ring (bicyclic) bond motifs is 3. The molecule has 0 aromatic carbocycles. The predicted octanol–water partition coefficient (Wildman–Crippen LogP) is 4.62. The first-order chi connectivity index (χ1) is 16.1. The molecule has 34 heavy (non-hydrogen) atoms. The van der Waals surface area contributed by atoms with Crippen LogP contribution < -0.4 is 5.32 Å². The van der Waals surface area contributed by atoms with Gasteiger partial charge >= 0.3 is 12.2 Å². The Balaban J connectivity index is 1.48. The maximum atomic E-state index is 13.7. The molecule has 1 aliphatic carbocycles. The Labute approximate surface area is 194 Å². The van der Waals surface area contributed by atoms with E-state index in [0.29, 0.717) is 17.6 Å². The highest BCUT2D eigenvalue weighted by Crippen LogP contribution is 2.52. The Hall–Kier alpha value is -3.21. The van der Waals surface area contributed by atoms with Gasteiger partial charge in [0.05, 0.1) is 28.9 Å². The molecular formula is C23H25F3N6O2. The molecule has 180 valence electrons. The fourth-order valence-corrected chi connectivity index (χ4v) is 5.55. The number of anilines is 1. The lowest BCUT2D eigenvalue weighted by Crippen LogP contribution is -2.76. The molecule has 0 radical (unpaired) electrons. The van der Waals surface area contributed by atoms with Crippen LogP contribution in [0.15, 0.2) is 36.8 Å². The zero-order chi connectivity index (χ0) is 24.3. The van der Waals surface area contributed by atoms with Gasteiger partial charge in [0.25, 0.3) is 0 Å². The number of aromatic nitrogens is 4. The lowest BCUT2D eigenvalue weighted by atomic mass is 9.62. The van der Waals surface area contributed by atoms with E-state index in [0.717, 1.165) is 19.3 Å². The summed E-state index contributed by atoms with van der Waals surface area (Å²) in [6.45, 7) is 4.10. The van der Waals surface area contributed by atoms with Crippen LogP contribution >= 0.6 is 0 Å². The second-order valence-corrected chi connectivity index (χ2v) is 9.26. The lowest BCUT2D eigenvalue weighted by molar-refractivity contribution is -0.155. The average Bonchev–Trinajstić information content (AvgIpc) is 3.25. The van der Waals surface area contributed by atoms with Crippen LogP contribution in [0.25, 0.3) is 16.9 Å². The number of hydrogen-bond donors (Lipinski definition) is 1. The summed E-state index contributed by atoms with van der Waals surface area (Å²) in [5.74, 6) is 0.340. The summed E-state index contributed by atoms with van der Waals surface area (Å²) in [6.07, 6.45) is 1.47. The molecule has 2 aliphatic rings. The van der Waals surface area contributed by atoms with E-state index in [1.165, 1.54) is 16.8 Å². The van der Waals surface area contributed by atoms with Crippen molar-refractivity contribution in [1.82, 2.24) is 24.5 Å². The standard InChI is InChI=1S/C23H25F3N6O2/c1-13-7-16-10-22(9-13,14(2)34-3)32(16)21(33)29-19-8-17(18(12-27-19)23(24,25)26)20-28-11-15-5-4-6-31(15)30-20/h4-6,8,11-14,16H,7,9-10H2,1-3H3,(H,27,29,33)/t13-,14?,16?,22?/m1/s1. The van der Waals surface area contributed by atoms with Crippen LogP contribution in [0.4, 0.5) is 23.8 Å². The Morgan fingerprint density at radius 3 is 2.82 bits per heavy atom. The average molecular weight is 474 g/mol. The summed E-state index contributed by atoms with van der Waals surface area (Å²) in [4.78, 5) is 23.0. The summed E-state index contributed by atoms with van der Waals surface area (Å²) in [7, 11) is 1.62. The van der Waals surface area contributed by atoms with Gasteiger partial charge in [-0.15, -0.1) is 5.10 Å². The number of amides is 2. The smallest absolute Gasteiger partial charge is 0.379 e. The van der Waals surface area contributed by atoms with Crippen molar-refractivity contribution in [2.75, 3.05) is 12.4 Å². The molecule has 2 fully saturated rings. The van der Waals surface area contributed by atoms with E-state index < -0.39 is 23.3 Å². The van der Waals surface area contributed by atoms with Gasteiger partial charge in [-0.2, -0.15) is 13.2 Å². The van der Waals surface area contributed by atoms with Crippen LogP contribution in [0.3, 0.4) is 0 Å². The molecule has 1 saturated carbocycles. The molecule has 1 aliphatic heterocycles. The number of likely N-dealkylation sites (tertiary alicyclic amines) is 1. The molecule has 5 rings (SSSR count). The third-order valence-electron chi connectivity index (χ3n) is 7.11. The van der Waals surface area contributed by atoms with E-state index >= 15 is 0 Å². The molecule has 8 nitrogen and oxygen atoms in total. The molecule has 2 bridgehead atoms. The van der Waals surface area contributed by atoms with Crippen molar-refractivity contribution in [1.29, 1.82) is 0 Å². The van der Waals surface area contributed by atoms with Crippen LogP contribution in [0, 0.1) is 5.92 Å². The first kappa shape index (κ1) is 22.6. The van der Waals surface area contributed by atoms with Crippen molar-refractivity contribution in [3.05, 3.63) is 42.4 Å². The Bertz CT molecular complexity index is 1240. The van der Waals surface area contributed by atoms with Crippen LogP contribution in [0.1, 0.15) is 38.7 Å². The molecular weight excluding hydrogens is 449 g/mol. The minimum atomic E-state index is -4.66. The number of urea groups is 1. The van der Waals surface area contributed by atoms with E-state index in [1.54, 1.807) is 30.3 Å². The van der Waals surface area contributed by atoms with Gasteiger partial charge in [-0.25, -0.2) is 19.3 Å². The second-order valence-electron chi connectivity index (χ2n) is 9.26. The quantitative estimate of drug-likeness (QED) is 0.597. The molecule has 4 atom stereocenters. The van der Waals surface area contributed by atoms with Crippen molar-refractivity contribution < 1.29 is 22.7 Å². The summed E-state index contributed by atoms with van der Waals surface area (Å²) < 4.78 is 48.2. The van der Waals surface area contributed by atoms with Crippen molar-refractivity contribution in [3.8, 4) is 11.4 Å². The van der Waals surface area contributed by atoms with Gasteiger partial charge in [0.2, 0.25) is 0 Å². The maximum absolute atomic E-state index is 13.7. The zero-order valence-electron chi connectivity index (χ0n) is 19.0. The van der Waals surface area contributed by atoms with Crippen molar-refractivity contribution >= 4 is 17.4 Å². The number of pyridine rings is 1. The molecule has 3 unspecified atom stereocenters. The number of rotatable bonds is 4. The fourth-order valence-electron chi connectivity index (χ4n) is 5.55. The number of carbonyl (C=O) groups is 1. The highest BCUT2D eigenvalue weighted by atomic mass is 19.4. The number of hydrogen-bond acceptors (Lipinski definition) is 5. The highest BCUT2D eigenvalue weighted by molar-refractivity contribution is 5.91. The maximum Gasteiger partial charge on any atom is 0.418 e. The molecule has 1 N–H and O–H groups in total. The van der Waals surface area contributed by atoms with Gasteiger partial charge in [0.15, 0.2) is 5.82 Å². The van der Waals surface area contributed by atoms with Crippen LogP contribution in [0.5, 0.6) is 0 Å². The molecule has 3 aromatic heterocycles. The zero-order valence-corrected chi connectivity index (χ0v) is 19.0. The Morgan fingerprint density at radius 2 is 2.09 bits per heavy atom. The number of ether oxygens (including phenoxy) is 1. The van der Waals surface area contributed by atoms with Gasteiger partial charge in [0, 0.05) is 31.1 Å². The molecule has 3 aromatic rings. The van der Waals surface area contributed by atoms with Crippen LogP contribution in [0.2, 0.25) is 0 Å². The minimum Gasteiger partial charge on any atom is -0.379 e. The van der Waals surface area contributed by atoms with Crippen molar-refractivity contribution in [2.45, 2.75) is 57.0 Å². The van der Waals surface area contributed by atoms with Gasteiger partial charge in [-0.05, 0) is 50.3 Å². The lowest BCUT2D eigenvalue weighted by Gasteiger charge is -2.65. The number of halogens is 3. The number of nitrogens with one attached hydrogen (secondary N) is 1. The Kier molecular flexibility index (Phi) is 5.27. The first-order valence-electron chi connectivity index (χ1n) is 11.1. The van der Waals surface area contributed by atoms with E-state index in [9.17, 15) is 18.0 Å². The summed E-state index contributed by atoms with van der Waals surface area (Å²) >= 11 is 0. The largest absolute Gasteiger partial charge is 0.418 e. The third-order valence-corrected chi connectivity index (χ3v) is 7.11. The molecule has 0 spiro atoms. The third kappa shape index (κ3) is 3.58. The van der Waals surface area contributed by atoms with E-state index in [-0.39, 0.29) is 29.4 Å². The van der Waals surface area contributed by atoms with E-state index in [2.05, 4.69) is 27.3 Å².